The number of ether oxygens (including phenoxy) is 1. The van der Waals surface area contributed by atoms with Gasteiger partial charge in [-0.25, -0.2) is 9.59 Å². The van der Waals surface area contributed by atoms with Gasteiger partial charge in [0.05, 0.1) is 0 Å². The second-order valence-electron chi connectivity index (χ2n) is 3.37. The molecule has 1 aliphatic heterocycles. The number of hydrogen-bond acceptors (Lipinski definition) is 4. The molecular weight excluding hydrogens is 174 g/mol. The highest BCUT2D eigenvalue weighted by Crippen LogP contribution is 2.33. The molecule has 0 bridgehead atoms. The predicted molar refractivity (Wildman–Crippen MR) is 43.9 cm³/mol. The van der Waals surface area contributed by atoms with Crippen molar-refractivity contribution in [3.8, 4) is 0 Å². The number of esters is 1. The largest absolute Gasteiger partial charge is 0.478 e. The van der Waals surface area contributed by atoms with Crippen molar-refractivity contribution >= 4 is 11.9 Å². The van der Waals surface area contributed by atoms with Crippen LogP contribution in [0.15, 0.2) is 0 Å². The average molecular weight is 187 g/mol. The minimum atomic E-state index is -1.33. The summed E-state index contributed by atoms with van der Waals surface area (Å²) in [6.45, 7) is 3.60. The fourth-order valence-electron chi connectivity index (χ4n) is 1.41. The van der Waals surface area contributed by atoms with Crippen LogP contribution in [0, 0.1) is 5.92 Å². The molecule has 1 fully saturated rings. The number of hydrogen-bond donors (Lipinski definition) is 2. The molecule has 0 spiro atoms. The zero-order valence-electron chi connectivity index (χ0n) is 7.61. The van der Waals surface area contributed by atoms with Crippen LogP contribution in [0.4, 0.5) is 0 Å². The topological polar surface area (TPSA) is 89.6 Å². The monoisotopic (exact) mass is 187 g/mol. The van der Waals surface area contributed by atoms with E-state index < -0.39 is 23.6 Å². The number of aliphatic carboxylic acids is 1. The first kappa shape index (κ1) is 9.98. The molecule has 3 atom stereocenters. The first-order valence-corrected chi connectivity index (χ1v) is 4.17. The van der Waals surface area contributed by atoms with Crippen LogP contribution >= 0.6 is 0 Å². The molecule has 0 saturated carbocycles. The van der Waals surface area contributed by atoms with E-state index in [0.717, 1.165) is 0 Å². The zero-order valence-corrected chi connectivity index (χ0v) is 7.61. The van der Waals surface area contributed by atoms with Crippen molar-refractivity contribution < 1.29 is 19.4 Å². The molecule has 1 saturated heterocycles. The van der Waals surface area contributed by atoms with E-state index in [4.69, 9.17) is 10.8 Å². The van der Waals surface area contributed by atoms with Crippen LogP contribution in [0.3, 0.4) is 0 Å². The van der Waals surface area contributed by atoms with E-state index in [9.17, 15) is 9.59 Å². The van der Waals surface area contributed by atoms with Gasteiger partial charge >= 0.3 is 11.9 Å². The molecule has 5 nitrogen and oxygen atoms in total. The Hall–Kier alpha value is -1.10. The normalized spacial score (nSPS) is 34.7. The molecule has 1 rings (SSSR count). The van der Waals surface area contributed by atoms with Gasteiger partial charge in [0.2, 0.25) is 6.10 Å². The minimum absolute atomic E-state index is 0.185. The summed E-state index contributed by atoms with van der Waals surface area (Å²) in [7, 11) is 0. The smallest absolute Gasteiger partial charge is 0.347 e. The van der Waals surface area contributed by atoms with E-state index in [2.05, 4.69) is 4.74 Å². The van der Waals surface area contributed by atoms with Crippen LogP contribution < -0.4 is 5.73 Å². The van der Waals surface area contributed by atoms with Gasteiger partial charge in [0.1, 0.15) is 0 Å². The quantitative estimate of drug-likeness (QED) is 0.594. The molecule has 0 aromatic rings. The van der Waals surface area contributed by atoms with Crippen molar-refractivity contribution in [2.75, 3.05) is 0 Å². The maximum absolute atomic E-state index is 11.1. The van der Waals surface area contributed by atoms with Crippen LogP contribution in [0.1, 0.15) is 20.3 Å². The summed E-state index contributed by atoms with van der Waals surface area (Å²) in [6, 6.07) is 0. The van der Waals surface area contributed by atoms with Gasteiger partial charge in [-0.2, -0.15) is 0 Å². The van der Waals surface area contributed by atoms with Gasteiger partial charge in [0, 0.05) is 0 Å². The van der Waals surface area contributed by atoms with E-state index in [1.54, 1.807) is 6.92 Å². The summed E-state index contributed by atoms with van der Waals surface area (Å²) in [5.41, 5.74) is 4.36. The van der Waals surface area contributed by atoms with Gasteiger partial charge < -0.3 is 15.6 Å². The van der Waals surface area contributed by atoms with E-state index >= 15 is 0 Å². The lowest BCUT2D eigenvalue weighted by Crippen LogP contribution is -2.74. The van der Waals surface area contributed by atoms with Gasteiger partial charge in [0.25, 0.3) is 0 Å². The highest BCUT2D eigenvalue weighted by molar-refractivity contribution is 5.97. The van der Waals surface area contributed by atoms with E-state index in [-0.39, 0.29) is 5.92 Å². The molecular formula is C8H13NO4. The maximum atomic E-state index is 11.1. The molecule has 13 heavy (non-hydrogen) atoms. The molecule has 1 aliphatic rings. The average Bonchev–Trinajstić information content (AvgIpc) is 2.10. The predicted octanol–water partition coefficient (Wildman–Crippen LogP) is -0.260. The van der Waals surface area contributed by atoms with Crippen molar-refractivity contribution in [2.24, 2.45) is 11.7 Å². The molecule has 0 amide bonds. The molecule has 0 radical (unpaired) electrons. The molecule has 5 heteroatoms. The Morgan fingerprint density at radius 2 is 2.38 bits per heavy atom. The second kappa shape index (κ2) is 2.99. The summed E-state index contributed by atoms with van der Waals surface area (Å²) in [5.74, 6) is -1.98. The third-order valence-electron chi connectivity index (χ3n) is 2.66. The Balaban J connectivity index is 2.85. The second-order valence-corrected chi connectivity index (χ2v) is 3.37. The van der Waals surface area contributed by atoms with Crippen molar-refractivity contribution in [1.29, 1.82) is 0 Å². The molecule has 0 aromatic heterocycles. The minimum Gasteiger partial charge on any atom is -0.478 e. The van der Waals surface area contributed by atoms with Gasteiger partial charge in [-0.1, -0.05) is 20.3 Å². The van der Waals surface area contributed by atoms with Gasteiger partial charge in [0.15, 0.2) is 5.54 Å². The van der Waals surface area contributed by atoms with E-state index in [1.165, 1.54) is 0 Å². The standard InChI is InChI=1S/C8H13NO4/c1-3-4(2)8(9)5(6(10)11)13-7(8)12/h4-5H,3,9H2,1-2H3,(H,10,11)/t4-,5+,8+/m0/s1. The molecule has 0 unspecified atom stereocenters. The number of carbonyl (C=O) groups is 2. The van der Waals surface area contributed by atoms with Crippen LogP contribution in [0.2, 0.25) is 0 Å². The fourth-order valence-corrected chi connectivity index (χ4v) is 1.41. The molecule has 1 heterocycles. The lowest BCUT2D eigenvalue weighted by atomic mass is 9.76. The Labute approximate surface area is 75.9 Å². The van der Waals surface area contributed by atoms with Crippen molar-refractivity contribution in [3.05, 3.63) is 0 Å². The van der Waals surface area contributed by atoms with Crippen molar-refractivity contribution in [2.45, 2.75) is 31.9 Å². The number of carboxylic acid groups (broad SMARTS) is 1. The number of cyclic esters (lactones) is 1. The van der Waals surface area contributed by atoms with E-state index in [0.29, 0.717) is 6.42 Å². The van der Waals surface area contributed by atoms with Gasteiger partial charge in [-0.15, -0.1) is 0 Å². The van der Waals surface area contributed by atoms with Gasteiger partial charge in [-0.3, -0.25) is 0 Å². The Morgan fingerprint density at radius 3 is 2.69 bits per heavy atom. The van der Waals surface area contributed by atoms with Gasteiger partial charge in [-0.05, 0) is 5.92 Å². The lowest BCUT2D eigenvalue weighted by Gasteiger charge is -2.44. The SMILES string of the molecule is CC[C@H](C)[C@]1(N)C(=O)O[C@@H]1C(=O)O. The number of nitrogens with two attached hydrogens (primary N) is 1. The van der Waals surface area contributed by atoms with Crippen LogP contribution in [0.5, 0.6) is 0 Å². The van der Waals surface area contributed by atoms with Crippen LogP contribution in [0.25, 0.3) is 0 Å². The number of carboxylic acids is 1. The number of carbonyl (C=O) groups excluding carboxylic acids is 1. The summed E-state index contributed by atoms with van der Waals surface area (Å²) in [4.78, 5) is 21.7. The van der Waals surface area contributed by atoms with Crippen molar-refractivity contribution in [1.82, 2.24) is 0 Å². The highest BCUT2D eigenvalue weighted by Gasteiger charge is 2.61. The molecule has 0 aliphatic carbocycles. The summed E-state index contributed by atoms with van der Waals surface area (Å²) >= 11 is 0. The maximum Gasteiger partial charge on any atom is 0.347 e. The third kappa shape index (κ3) is 1.19. The lowest BCUT2D eigenvalue weighted by molar-refractivity contribution is -0.204. The fraction of sp³-hybridized carbons (Fsp3) is 0.750. The molecule has 0 aromatic carbocycles. The summed E-state index contributed by atoms with van der Waals surface area (Å²) in [5, 5.41) is 8.67. The zero-order chi connectivity index (χ0) is 10.2. The summed E-state index contributed by atoms with van der Waals surface area (Å²) < 4.78 is 4.48. The first-order valence-electron chi connectivity index (χ1n) is 4.17. The van der Waals surface area contributed by atoms with E-state index in [1.807, 2.05) is 6.92 Å². The third-order valence-corrected chi connectivity index (χ3v) is 2.66. The Kier molecular flexibility index (Phi) is 2.30. The molecule has 3 N–H and O–H groups in total. The van der Waals surface area contributed by atoms with Crippen LogP contribution in [-0.4, -0.2) is 28.7 Å². The Bertz CT molecular complexity index is 253. The first-order chi connectivity index (χ1) is 5.94. The molecule has 74 valence electrons. The number of rotatable bonds is 3. The Morgan fingerprint density at radius 1 is 1.85 bits per heavy atom. The highest BCUT2D eigenvalue weighted by atomic mass is 16.6. The van der Waals surface area contributed by atoms with Crippen LogP contribution in [-0.2, 0) is 14.3 Å². The van der Waals surface area contributed by atoms with Crippen molar-refractivity contribution in [3.63, 3.8) is 0 Å². The summed E-state index contributed by atoms with van der Waals surface area (Å²) in [6.07, 6.45) is -0.537.